The van der Waals surface area contributed by atoms with Crippen LogP contribution in [0.5, 0.6) is 0 Å². The first-order valence-electron chi connectivity index (χ1n) is 8.41. The normalized spacial score (nSPS) is 17.5. The van der Waals surface area contributed by atoms with Gasteiger partial charge >= 0.3 is 0 Å². The largest absolute Gasteiger partial charge is 0.302 e. The molecule has 0 unspecified atom stereocenters. The van der Waals surface area contributed by atoms with E-state index in [0.29, 0.717) is 0 Å². The lowest BCUT2D eigenvalue weighted by Gasteiger charge is -2.35. The average molecular weight is 268 g/mol. The van der Waals surface area contributed by atoms with Gasteiger partial charge in [0.1, 0.15) is 0 Å². The fraction of sp³-hybridized carbons (Fsp3) is 1.00. The van der Waals surface area contributed by atoms with Gasteiger partial charge < -0.3 is 4.90 Å². The molecule has 1 saturated heterocycles. The van der Waals surface area contributed by atoms with Gasteiger partial charge in [-0.2, -0.15) is 0 Å². The van der Waals surface area contributed by atoms with E-state index in [4.69, 9.17) is 0 Å². The van der Waals surface area contributed by atoms with Crippen LogP contribution >= 0.6 is 0 Å². The summed E-state index contributed by atoms with van der Waals surface area (Å²) in [5.74, 6) is 0. The van der Waals surface area contributed by atoms with Crippen molar-refractivity contribution in [2.24, 2.45) is 0 Å². The van der Waals surface area contributed by atoms with E-state index in [1.807, 2.05) is 0 Å². The lowest BCUT2D eigenvalue weighted by Crippen LogP contribution is -2.45. The highest BCUT2D eigenvalue weighted by Crippen LogP contribution is 2.13. The highest BCUT2D eigenvalue weighted by molar-refractivity contribution is 4.78. The quantitative estimate of drug-likeness (QED) is 0.607. The van der Waals surface area contributed by atoms with Crippen molar-refractivity contribution in [3.63, 3.8) is 0 Å². The van der Waals surface area contributed by atoms with Crippen molar-refractivity contribution < 1.29 is 0 Å². The summed E-state index contributed by atoms with van der Waals surface area (Å²) >= 11 is 0. The van der Waals surface area contributed by atoms with Crippen LogP contribution in [-0.4, -0.2) is 61.7 Å². The summed E-state index contributed by atoms with van der Waals surface area (Å²) in [6.45, 7) is 15.3. The number of piperidine rings is 1. The molecule has 1 fully saturated rings. The Morgan fingerprint density at radius 3 is 1.89 bits per heavy atom. The molecule has 0 aromatic carbocycles. The maximum absolute atomic E-state index is 4.49. The van der Waals surface area contributed by atoms with Crippen molar-refractivity contribution in [3.05, 3.63) is 0 Å². The molecule has 1 rings (SSSR count). The molecular weight excluding hydrogens is 234 g/mol. The van der Waals surface area contributed by atoms with E-state index in [9.17, 15) is 0 Å². The number of hydrogen-bond acceptors (Lipinski definition) is 2. The molecule has 1 radical (unpaired) electrons. The van der Waals surface area contributed by atoms with E-state index < -0.39 is 0 Å². The molecule has 0 spiro atoms. The Hall–Kier alpha value is -0.120. The summed E-state index contributed by atoms with van der Waals surface area (Å²) in [6, 6.07) is 0.794. The van der Waals surface area contributed by atoms with Gasteiger partial charge in [-0.15, -0.1) is 0 Å². The minimum atomic E-state index is 0.794. The topological polar surface area (TPSA) is 20.6 Å². The third kappa shape index (κ3) is 6.73. The van der Waals surface area contributed by atoms with E-state index in [1.54, 1.807) is 0 Å². The standard InChI is InChI=1S/C16H34N3/c1-4-11-18(12-5-2)14-15-19(13-6-3)16-7-9-17-10-8-16/h16H,4-15H2,1-3H3. The van der Waals surface area contributed by atoms with Crippen LogP contribution in [-0.2, 0) is 0 Å². The summed E-state index contributed by atoms with van der Waals surface area (Å²) in [4.78, 5) is 5.36. The molecule has 1 aliphatic heterocycles. The summed E-state index contributed by atoms with van der Waals surface area (Å²) in [5.41, 5.74) is 0. The molecule has 0 N–H and O–H groups in total. The number of nitrogens with zero attached hydrogens (tertiary/aromatic N) is 3. The first-order valence-corrected chi connectivity index (χ1v) is 8.41. The molecular formula is C16H34N3. The lowest BCUT2D eigenvalue weighted by molar-refractivity contribution is 0.136. The van der Waals surface area contributed by atoms with Crippen LogP contribution in [0, 0.1) is 0 Å². The predicted octanol–water partition coefficient (Wildman–Crippen LogP) is 2.59. The van der Waals surface area contributed by atoms with Gasteiger partial charge in [0.15, 0.2) is 0 Å². The van der Waals surface area contributed by atoms with E-state index in [0.717, 1.165) is 19.1 Å². The molecule has 0 saturated carbocycles. The fourth-order valence-corrected chi connectivity index (χ4v) is 3.10. The summed E-state index contributed by atoms with van der Waals surface area (Å²) in [6.07, 6.45) is 6.38. The van der Waals surface area contributed by atoms with Gasteiger partial charge in [-0.1, -0.05) is 20.8 Å². The first-order chi connectivity index (χ1) is 9.31. The monoisotopic (exact) mass is 268 g/mol. The highest BCUT2D eigenvalue weighted by atomic mass is 15.2. The Kier molecular flexibility index (Phi) is 9.48. The summed E-state index contributed by atoms with van der Waals surface area (Å²) in [5, 5.41) is 4.49. The van der Waals surface area contributed by atoms with Crippen molar-refractivity contribution in [2.45, 2.75) is 58.9 Å². The SMILES string of the molecule is CCCN(CCC)CCN(CCC)C1CC[N]CC1. The molecule has 3 nitrogen and oxygen atoms in total. The molecule has 19 heavy (non-hydrogen) atoms. The second kappa shape index (κ2) is 10.6. The molecule has 0 bridgehead atoms. The van der Waals surface area contributed by atoms with Gasteiger partial charge in [0.25, 0.3) is 0 Å². The van der Waals surface area contributed by atoms with Crippen molar-refractivity contribution in [1.82, 2.24) is 15.1 Å². The van der Waals surface area contributed by atoms with Crippen molar-refractivity contribution in [1.29, 1.82) is 0 Å². The van der Waals surface area contributed by atoms with Gasteiger partial charge in [-0.05, 0) is 51.7 Å². The number of rotatable bonds is 10. The fourth-order valence-electron chi connectivity index (χ4n) is 3.10. The average Bonchev–Trinajstić information content (AvgIpc) is 2.44. The van der Waals surface area contributed by atoms with E-state index in [-0.39, 0.29) is 0 Å². The maximum Gasteiger partial charge on any atom is 0.0148 e. The Morgan fingerprint density at radius 2 is 1.37 bits per heavy atom. The minimum absolute atomic E-state index is 0.794. The van der Waals surface area contributed by atoms with Gasteiger partial charge in [0.2, 0.25) is 0 Å². The molecule has 0 aromatic rings. The highest BCUT2D eigenvalue weighted by Gasteiger charge is 2.20. The summed E-state index contributed by atoms with van der Waals surface area (Å²) < 4.78 is 0. The first kappa shape index (κ1) is 16.9. The van der Waals surface area contributed by atoms with Crippen LogP contribution in [0.3, 0.4) is 0 Å². The summed E-state index contributed by atoms with van der Waals surface area (Å²) in [7, 11) is 0. The smallest absolute Gasteiger partial charge is 0.0148 e. The molecule has 0 amide bonds. The number of hydrogen-bond donors (Lipinski definition) is 0. The Labute approximate surface area is 120 Å². The van der Waals surface area contributed by atoms with E-state index >= 15 is 0 Å². The van der Waals surface area contributed by atoms with E-state index in [1.165, 1.54) is 64.8 Å². The Bertz CT molecular complexity index is 196. The zero-order chi connectivity index (χ0) is 13.9. The second-order valence-corrected chi connectivity index (χ2v) is 5.78. The molecule has 113 valence electrons. The zero-order valence-electron chi connectivity index (χ0n) is 13.4. The van der Waals surface area contributed by atoms with Gasteiger partial charge in [-0.3, -0.25) is 4.90 Å². The Balaban J connectivity index is 2.37. The molecule has 0 atom stereocenters. The van der Waals surface area contributed by atoms with Crippen molar-refractivity contribution in [2.75, 3.05) is 45.8 Å². The van der Waals surface area contributed by atoms with Gasteiger partial charge in [0, 0.05) is 32.2 Å². The molecule has 0 aliphatic carbocycles. The molecule has 3 heteroatoms. The van der Waals surface area contributed by atoms with Crippen molar-refractivity contribution >= 4 is 0 Å². The maximum atomic E-state index is 4.49. The third-order valence-electron chi connectivity index (χ3n) is 4.05. The van der Waals surface area contributed by atoms with Crippen LogP contribution in [0.15, 0.2) is 0 Å². The lowest BCUT2D eigenvalue weighted by atomic mass is 10.0. The van der Waals surface area contributed by atoms with Crippen molar-refractivity contribution in [3.8, 4) is 0 Å². The Morgan fingerprint density at radius 1 is 0.789 bits per heavy atom. The molecule has 1 aliphatic rings. The van der Waals surface area contributed by atoms with E-state index in [2.05, 4.69) is 35.9 Å². The van der Waals surface area contributed by atoms with Crippen LogP contribution in [0.25, 0.3) is 0 Å². The third-order valence-corrected chi connectivity index (χ3v) is 4.05. The minimum Gasteiger partial charge on any atom is -0.302 e. The zero-order valence-corrected chi connectivity index (χ0v) is 13.4. The van der Waals surface area contributed by atoms with Crippen LogP contribution in [0.2, 0.25) is 0 Å². The predicted molar refractivity (Wildman–Crippen MR) is 83.8 cm³/mol. The van der Waals surface area contributed by atoms with Gasteiger partial charge in [0.05, 0.1) is 0 Å². The van der Waals surface area contributed by atoms with Crippen LogP contribution in [0.1, 0.15) is 52.9 Å². The molecule has 1 heterocycles. The second-order valence-electron chi connectivity index (χ2n) is 5.78. The van der Waals surface area contributed by atoms with Gasteiger partial charge in [-0.25, -0.2) is 5.32 Å². The van der Waals surface area contributed by atoms with Crippen LogP contribution in [0.4, 0.5) is 0 Å². The molecule has 0 aromatic heterocycles. The van der Waals surface area contributed by atoms with Crippen LogP contribution < -0.4 is 5.32 Å².